The van der Waals surface area contributed by atoms with E-state index in [1.165, 1.54) is 12.8 Å². The molecule has 1 aromatic rings. The molecule has 1 atom stereocenters. The Kier molecular flexibility index (Phi) is 4.02. The summed E-state index contributed by atoms with van der Waals surface area (Å²) in [4.78, 5) is 2.53. The Morgan fingerprint density at radius 2 is 2.25 bits per heavy atom. The summed E-state index contributed by atoms with van der Waals surface area (Å²) in [6, 6.07) is 4.52. The molecule has 0 bridgehead atoms. The van der Waals surface area contributed by atoms with Gasteiger partial charge in [-0.25, -0.2) is 0 Å². The Hall–Kier alpha value is -0.800. The van der Waals surface area contributed by atoms with Crippen molar-refractivity contribution in [2.45, 2.75) is 32.2 Å². The number of nitrogens with two attached hydrogens (primary N) is 1. The molecular formula is C13H22N2O. The van der Waals surface area contributed by atoms with Crippen LogP contribution in [0.25, 0.3) is 0 Å². The van der Waals surface area contributed by atoms with Crippen LogP contribution in [0.4, 0.5) is 0 Å². The number of furan rings is 1. The van der Waals surface area contributed by atoms with Gasteiger partial charge in [0.25, 0.3) is 0 Å². The minimum Gasteiger partial charge on any atom is -0.468 e. The first-order valence-electron chi connectivity index (χ1n) is 6.32. The first kappa shape index (κ1) is 11.7. The molecule has 1 aliphatic rings. The third-order valence-corrected chi connectivity index (χ3v) is 3.68. The molecular weight excluding hydrogens is 200 g/mol. The fourth-order valence-corrected chi connectivity index (χ4v) is 2.62. The highest BCUT2D eigenvalue weighted by molar-refractivity contribution is 5.05. The molecule has 0 radical (unpaired) electrons. The maximum atomic E-state index is 5.71. The summed E-state index contributed by atoms with van der Waals surface area (Å²) in [6.45, 7) is 5.37. The largest absolute Gasteiger partial charge is 0.468 e. The minimum absolute atomic E-state index is 0.453. The van der Waals surface area contributed by atoms with E-state index in [-0.39, 0.29) is 0 Å². The Morgan fingerprint density at radius 3 is 2.75 bits per heavy atom. The van der Waals surface area contributed by atoms with Crippen LogP contribution in [0.5, 0.6) is 0 Å². The lowest BCUT2D eigenvalue weighted by molar-refractivity contribution is 0.117. The maximum absolute atomic E-state index is 5.71. The van der Waals surface area contributed by atoms with Crippen molar-refractivity contribution in [1.29, 1.82) is 0 Å². The summed E-state index contributed by atoms with van der Waals surface area (Å²) >= 11 is 0. The second kappa shape index (κ2) is 5.51. The highest BCUT2D eigenvalue weighted by Gasteiger charge is 2.25. The lowest BCUT2D eigenvalue weighted by atomic mass is 9.95. The topological polar surface area (TPSA) is 42.4 Å². The zero-order valence-electron chi connectivity index (χ0n) is 10.1. The van der Waals surface area contributed by atoms with E-state index in [9.17, 15) is 0 Å². The van der Waals surface area contributed by atoms with Crippen molar-refractivity contribution in [2.75, 3.05) is 19.6 Å². The number of hydrogen-bond acceptors (Lipinski definition) is 3. The fourth-order valence-electron chi connectivity index (χ4n) is 2.62. The SMILES string of the molecule is CCC(c1ccco1)N1CCC(CN)CC1. The summed E-state index contributed by atoms with van der Waals surface area (Å²) in [7, 11) is 0. The van der Waals surface area contributed by atoms with Gasteiger partial charge in [-0.05, 0) is 56.9 Å². The molecule has 1 unspecified atom stereocenters. The predicted molar refractivity (Wildman–Crippen MR) is 65.1 cm³/mol. The van der Waals surface area contributed by atoms with Crippen LogP contribution in [0.1, 0.15) is 38.0 Å². The number of likely N-dealkylation sites (tertiary alicyclic amines) is 1. The second-order valence-corrected chi connectivity index (χ2v) is 4.65. The van der Waals surface area contributed by atoms with Crippen molar-refractivity contribution in [1.82, 2.24) is 4.90 Å². The molecule has 1 saturated heterocycles. The summed E-state index contributed by atoms with van der Waals surface area (Å²) < 4.78 is 5.53. The Morgan fingerprint density at radius 1 is 1.50 bits per heavy atom. The lowest BCUT2D eigenvalue weighted by Crippen LogP contribution is -2.38. The van der Waals surface area contributed by atoms with Gasteiger partial charge in [-0.3, -0.25) is 4.90 Å². The summed E-state index contributed by atoms with van der Waals surface area (Å²) in [5, 5.41) is 0. The molecule has 0 saturated carbocycles. The van der Waals surface area contributed by atoms with Gasteiger partial charge in [-0.1, -0.05) is 6.92 Å². The Bertz CT molecular complexity index is 289. The molecule has 2 rings (SSSR count). The molecule has 2 N–H and O–H groups in total. The van der Waals surface area contributed by atoms with E-state index in [0.717, 1.165) is 37.7 Å². The van der Waals surface area contributed by atoms with Gasteiger partial charge in [-0.15, -0.1) is 0 Å². The van der Waals surface area contributed by atoms with E-state index in [0.29, 0.717) is 6.04 Å². The van der Waals surface area contributed by atoms with Gasteiger partial charge in [0.05, 0.1) is 12.3 Å². The van der Waals surface area contributed by atoms with E-state index < -0.39 is 0 Å². The molecule has 0 aliphatic carbocycles. The molecule has 3 heteroatoms. The van der Waals surface area contributed by atoms with Crippen molar-refractivity contribution >= 4 is 0 Å². The predicted octanol–water partition coefficient (Wildman–Crippen LogP) is 2.40. The average Bonchev–Trinajstić information content (AvgIpc) is 2.85. The number of hydrogen-bond donors (Lipinski definition) is 1. The molecule has 0 spiro atoms. The van der Waals surface area contributed by atoms with Gasteiger partial charge in [0.1, 0.15) is 5.76 Å². The van der Waals surface area contributed by atoms with Crippen molar-refractivity contribution in [3.63, 3.8) is 0 Å². The van der Waals surface area contributed by atoms with Crippen LogP contribution in [0.2, 0.25) is 0 Å². The van der Waals surface area contributed by atoms with E-state index in [2.05, 4.69) is 17.9 Å². The van der Waals surface area contributed by atoms with Crippen LogP contribution in [0.15, 0.2) is 22.8 Å². The van der Waals surface area contributed by atoms with E-state index in [4.69, 9.17) is 10.2 Å². The van der Waals surface area contributed by atoms with E-state index >= 15 is 0 Å². The van der Waals surface area contributed by atoms with Gasteiger partial charge < -0.3 is 10.2 Å². The van der Waals surface area contributed by atoms with Gasteiger partial charge >= 0.3 is 0 Å². The van der Waals surface area contributed by atoms with Crippen LogP contribution >= 0.6 is 0 Å². The first-order chi connectivity index (χ1) is 7.85. The lowest BCUT2D eigenvalue weighted by Gasteiger charge is -2.36. The van der Waals surface area contributed by atoms with Crippen LogP contribution in [-0.2, 0) is 0 Å². The number of rotatable bonds is 4. The van der Waals surface area contributed by atoms with Gasteiger partial charge in [0.15, 0.2) is 0 Å². The maximum Gasteiger partial charge on any atom is 0.120 e. The Labute approximate surface area is 97.6 Å². The quantitative estimate of drug-likeness (QED) is 0.850. The molecule has 1 aromatic heterocycles. The zero-order valence-corrected chi connectivity index (χ0v) is 10.1. The number of piperidine rings is 1. The Balaban J connectivity index is 1.96. The molecule has 16 heavy (non-hydrogen) atoms. The first-order valence-corrected chi connectivity index (χ1v) is 6.32. The number of nitrogens with zero attached hydrogens (tertiary/aromatic N) is 1. The van der Waals surface area contributed by atoms with Crippen LogP contribution in [0, 0.1) is 5.92 Å². The standard InChI is InChI=1S/C13H22N2O/c1-2-12(13-4-3-9-16-13)15-7-5-11(10-14)6-8-15/h3-4,9,11-12H,2,5-8,10,14H2,1H3. The second-order valence-electron chi connectivity index (χ2n) is 4.65. The molecule has 1 fully saturated rings. The molecule has 90 valence electrons. The van der Waals surface area contributed by atoms with Gasteiger partial charge in [0.2, 0.25) is 0 Å². The van der Waals surface area contributed by atoms with E-state index in [1.54, 1.807) is 6.26 Å². The highest BCUT2D eigenvalue weighted by Crippen LogP contribution is 2.28. The third-order valence-electron chi connectivity index (χ3n) is 3.68. The van der Waals surface area contributed by atoms with Crippen molar-refractivity contribution in [3.05, 3.63) is 24.2 Å². The summed E-state index contributed by atoms with van der Waals surface area (Å²) in [5.74, 6) is 1.83. The minimum atomic E-state index is 0.453. The van der Waals surface area contributed by atoms with Crippen molar-refractivity contribution < 1.29 is 4.42 Å². The summed E-state index contributed by atoms with van der Waals surface area (Å²) in [6.07, 6.45) is 5.34. The van der Waals surface area contributed by atoms with Crippen LogP contribution < -0.4 is 5.73 Å². The fraction of sp³-hybridized carbons (Fsp3) is 0.692. The molecule has 0 aromatic carbocycles. The molecule has 0 amide bonds. The monoisotopic (exact) mass is 222 g/mol. The van der Waals surface area contributed by atoms with Crippen LogP contribution in [-0.4, -0.2) is 24.5 Å². The van der Waals surface area contributed by atoms with Crippen molar-refractivity contribution in [3.8, 4) is 0 Å². The summed E-state index contributed by atoms with van der Waals surface area (Å²) in [5.41, 5.74) is 5.71. The molecule has 3 nitrogen and oxygen atoms in total. The third kappa shape index (κ3) is 2.47. The molecule has 1 aliphatic heterocycles. The zero-order chi connectivity index (χ0) is 11.4. The van der Waals surface area contributed by atoms with Crippen molar-refractivity contribution in [2.24, 2.45) is 11.7 Å². The highest BCUT2D eigenvalue weighted by atomic mass is 16.3. The van der Waals surface area contributed by atoms with Gasteiger partial charge in [-0.2, -0.15) is 0 Å². The van der Waals surface area contributed by atoms with Gasteiger partial charge in [0, 0.05) is 0 Å². The van der Waals surface area contributed by atoms with E-state index in [1.807, 2.05) is 6.07 Å². The normalized spacial score (nSPS) is 21.1. The average molecular weight is 222 g/mol. The van der Waals surface area contributed by atoms with Crippen LogP contribution in [0.3, 0.4) is 0 Å². The molecule has 2 heterocycles. The smallest absolute Gasteiger partial charge is 0.120 e.